The van der Waals surface area contributed by atoms with Crippen molar-refractivity contribution >= 4 is 11.6 Å². The fraction of sp³-hybridized carbons (Fsp3) is 0.500. The molecule has 2 aromatic rings. The van der Waals surface area contributed by atoms with E-state index < -0.39 is 0 Å². The Morgan fingerprint density at radius 2 is 2.24 bits per heavy atom. The first-order chi connectivity index (χ1) is 10.3. The summed E-state index contributed by atoms with van der Waals surface area (Å²) in [4.78, 5) is 11.4. The molecule has 1 N–H and O–H groups in total. The zero-order chi connectivity index (χ0) is 14.7. The van der Waals surface area contributed by atoms with Crippen LogP contribution >= 0.6 is 0 Å². The number of nitrogens with one attached hydrogen (secondary N) is 1. The van der Waals surface area contributed by atoms with E-state index in [4.69, 9.17) is 4.42 Å². The van der Waals surface area contributed by atoms with Gasteiger partial charge >= 0.3 is 0 Å². The van der Waals surface area contributed by atoms with Gasteiger partial charge < -0.3 is 14.6 Å². The monoisotopic (exact) mass is 286 g/mol. The number of anilines is 2. The maximum absolute atomic E-state index is 5.49. The van der Waals surface area contributed by atoms with Gasteiger partial charge in [0.25, 0.3) is 0 Å². The summed E-state index contributed by atoms with van der Waals surface area (Å²) in [7, 11) is 0. The highest BCUT2D eigenvalue weighted by molar-refractivity contribution is 5.51. The van der Waals surface area contributed by atoms with E-state index in [1.807, 2.05) is 25.1 Å². The summed E-state index contributed by atoms with van der Waals surface area (Å²) >= 11 is 0. The lowest BCUT2D eigenvalue weighted by Gasteiger charge is -2.23. The first-order valence-electron chi connectivity index (χ1n) is 7.65. The van der Waals surface area contributed by atoms with Gasteiger partial charge in [0.05, 0.1) is 12.8 Å². The third-order valence-corrected chi connectivity index (χ3v) is 3.57. The van der Waals surface area contributed by atoms with Crippen LogP contribution in [0.25, 0.3) is 0 Å². The van der Waals surface area contributed by atoms with Crippen molar-refractivity contribution < 1.29 is 4.42 Å². The third kappa shape index (κ3) is 3.54. The maximum atomic E-state index is 5.49. The zero-order valence-electron chi connectivity index (χ0n) is 12.7. The SMILES string of the molecule is CCCNc1cc(N(Cc2ccco2)C2CC2)nc(C)n1. The van der Waals surface area contributed by atoms with E-state index in [9.17, 15) is 0 Å². The van der Waals surface area contributed by atoms with Gasteiger partial charge in [0.15, 0.2) is 0 Å². The summed E-state index contributed by atoms with van der Waals surface area (Å²) in [5, 5.41) is 3.35. The largest absolute Gasteiger partial charge is 0.467 e. The predicted octanol–water partition coefficient (Wildman–Crippen LogP) is 3.37. The summed E-state index contributed by atoms with van der Waals surface area (Å²) in [6.45, 7) is 5.78. The number of hydrogen-bond donors (Lipinski definition) is 1. The molecule has 0 aromatic carbocycles. The Balaban J connectivity index is 1.82. The van der Waals surface area contributed by atoms with E-state index in [-0.39, 0.29) is 0 Å². The second-order valence-electron chi connectivity index (χ2n) is 5.52. The van der Waals surface area contributed by atoms with Crippen molar-refractivity contribution in [2.75, 3.05) is 16.8 Å². The van der Waals surface area contributed by atoms with Gasteiger partial charge in [-0.05, 0) is 38.3 Å². The van der Waals surface area contributed by atoms with Crippen LogP contribution in [-0.2, 0) is 6.54 Å². The number of aromatic nitrogens is 2. The highest BCUT2D eigenvalue weighted by Crippen LogP contribution is 2.33. The molecule has 2 aromatic heterocycles. The lowest BCUT2D eigenvalue weighted by atomic mass is 10.3. The van der Waals surface area contributed by atoms with Crippen LogP contribution in [0.3, 0.4) is 0 Å². The number of rotatable bonds is 7. The van der Waals surface area contributed by atoms with Gasteiger partial charge in [-0.2, -0.15) is 0 Å². The lowest BCUT2D eigenvalue weighted by molar-refractivity contribution is 0.500. The molecule has 21 heavy (non-hydrogen) atoms. The Morgan fingerprint density at radius 1 is 1.38 bits per heavy atom. The van der Waals surface area contributed by atoms with Crippen molar-refractivity contribution in [3.05, 3.63) is 36.0 Å². The molecule has 5 nitrogen and oxygen atoms in total. The molecule has 112 valence electrons. The summed E-state index contributed by atoms with van der Waals surface area (Å²) in [5.41, 5.74) is 0. The molecule has 1 saturated carbocycles. The molecule has 0 saturated heterocycles. The van der Waals surface area contributed by atoms with Crippen molar-refractivity contribution in [3.8, 4) is 0 Å². The molecule has 0 aliphatic heterocycles. The lowest BCUT2D eigenvalue weighted by Crippen LogP contribution is -2.26. The highest BCUT2D eigenvalue weighted by Gasteiger charge is 2.31. The molecule has 0 atom stereocenters. The summed E-state index contributed by atoms with van der Waals surface area (Å²) in [6.07, 6.45) is 5.25. The second kappa shape index (κ2) is 6.16. The van der Waals surface area contributed by atoms with Gasteiger partial charge in [0, 0.05) is 18.7 Å². The molecule has 1 aliphatic rings. The molecule has 1 fully saturated rings. The third-order valence-electron chi connectivity index (χ3n) is 3.57. The number of hydrogen-bond acceptors (Lipinski definition) is 5. The minimum atomic E-state index is 0.573. The minimum Gasteiger partial charge on any atom is -0.467 e. The van der Waals surface area contributed by atoms with Crippen molar-refractivity contribution in [1.29, 1.82) is 0 Å². The van der Waals surface area contributed by atoms with Crippen molar-refractivity contribution in [3.63, 3.8) is 0 Å². The average molecular weight is 286 g/mol. The summed E-state index contributed by atoms with van der Waals surface area (Å²) < 4.78 is 5.49. The molecule has 0 bridgehead atoms. The van der Waals surface area contributed by atoms with Crippen LogP contribution < -0.4 is 10.2 Å². The Kier molecular flexibility index (Phi) is 4.08. The van der Waals surface area contributed by atoms with Crippen LogP contribution in [0.4, 0.5) is 11.6 Å². The summed E-state index contributed by atoms with van der Waals surface area (Å²) in [6, 6.07) is 6.56. The molecule has 5 heteroatoms. The van der Waals surface area contributed by atoms with Crippen molar-refractivity contribution in [2.24, 2.45) is 0 Å². The molecule has 0 radical (unpaired) electrons. The van der Waals surface area contributed by atoms with Crippen LogP contribution in [0.2, 0.25) is 0 Å². The fourth-order valence-corrected chi connectivity index (χ4v) is 2.40. The van der Waals surface area contributed by atoms with Gasteiger partial charge in [-0.1, -0.05) is 6.92 Å². The van der Waals surface area contributed by atoms with Crippen molar-refractivity contribution in [1.82, 2.24) is 9.97 Å². The van der Waals surface area contributed by atoms with E-state index in [2.05, 4.69) is 27.1 Å². The molecular weight excluding hydrogens is 264 g/mol. The molecule has 0 unspecified atom stereocenters. The van der Waals surface area contributed by atoms with Crippen LogP contribution in [-0.4, -0.2) is 22.6 Å². The topological polar surface area (TPSA) is 54.2 Å². The van der Waals surface area contributed by atoms with Gasteiger partial charge in [-0.25, -0.2) is 9.97 Å². The van der Waals surface area contributed by atoms with Crippen LogP contribution in [0.5, 0.6) is 0 Å². The number of furan rings is 1. The Bertz CT molecular complexity index is 578. The van der Waals surface area contributed by atoms with E-state index >= 15 is 0 Å². The molecular formula is C16H22N4O. The first kappa shape index (κ1) is 13.9. The minimum absolute atomic E-state index is 0.573. The standard InChI is InChI=1S/C16H22N4O/c1-3-8-17-15-10-16(19-12(2)18-15)20(13-6-7-13)11-14-5-4-9-21-14/h4-5,9-10,13H,3,6-8,11H2,1-2H3,(H,17,18,19). The normalized spacial score (nSPS) is 14.2. The summed E-state index contributed by atoms with van der Waals surface area (Å²) in [5.74, 6) is 3.67. The number of aryl methyl sites for hydroxylation is 1. The molecule has 3 rings (SSSR count). The Morgan fingerprint density at radius 3 is 2.90 bits per heavy atom. The Hall–Kier alpha value is -2.04. The number of nitrogens with zero attached hydrogens (tertiary/aromatic N) is 3. The smallest absolute Gasteiger partial charge is 0.135 e. The first-order valence-corrected chi connectivity index (χ1v) is 7.65. The maximum Gasteiger partial charge on any atom is 0.135 e. The molecule has 0 spiro atoms. The van der Waals surface area contributed by atoms with Gasteiger partial charge in [0.1, 0.15) is 23.2 Å². The zero-order valence-corrected chi connectivity index (χ0v) is 12.7. The second-order valence-corrected chi connectivity index (χ2v) is 5.52. The Labute approximate surface area is 125 Å². The quantitative estimate of drug-likeness (QED) is 0.845. The van der Waals surface area contributed by atoms with Gasteiger partial charge in [-0.15, -0.1) is 0 Å². The van der Waals surface area contributed by atoms with E-state index in [0.717, 1.165) is 42.7 Å². The molecule has 2 heterocycles. The van der Waals surface area contributed by atoms with E-state index in [1.165, 1.54) is 12.8 Å². The molecule has 0 amide bonds. The average Bonchev–Trinajstić information content (AvgIpc) is 3.18. The van der Waals surface area contributed by atoms with E-state index in [0.29, 0.717) is 6.04 Å². The van der Waals surface area contributed by atoms with Gasteiger partial charge in [-0.3, -0.25) is 0 Å². The van der Waals surface area contributed by atoms with Crippen molar-refractivity contribution in [2.45, 2.75) is 45.7 Å². The highest BCUT2D eigenvalue weighted by atomic mass is 16.3. The van der Waals surface area contributed by atoms with Crippen LogP contribution in [0.15, 0.2) is 28.9 Å². The fourth-order valence-electron chi connectivity index (χ4n) is 2.40. The van der Waals surface area contributed by atoms with Gasteiger partial charge in [0.2, 0.25) is 0 Å². The van der Waals surface area contributed by atoms with Crippen LogP contribution in [0, 0.1) is 6.92 Å². The predicted molar refractivity (Wildman–Crippen MR) is 83.5 cm³/mol. The van der Waals surface area contributed by atoms with E-state index in [1.54, 1.807) is 6.26 Å². The van der Waals surface area contributed by atoms with Crippen LogP contribution in [0.1, 0.15) is 37.8 Å². The molecule has 1 aliphatic carbocycles.